The van der Waals surface area contributed by atoms with E-state index < -0.39 is 41.8 Å². The number of hydrogen-bond donors (Lipinski definition) is 1. The summed E-state index contributed by atoms with van der Waals surface area (Å²) in [5.41, 5.74) is 0.148. The minimum absolute atomic E-state index is 0.00769. The number of nitrogens with one attached hydrogen (secondary N) is 1. The number of likely N-dealkylation sites (N-methyl/N-ethyl adjacent to an activating group) is 1. The zero-order chi connectivity index (χ0) is 32.2. The maximum Gasteiger partial charge on any atom is 0.491 e. The zero-order valence-electron chi connectivity index (χ0n) is 24.7. The minimum atomic E-state index is -5.46. The number of carbonyl (C=O) groups is 2. The van der Waals surface area contributed by atoms with E-state index in [2.05, 4.69) is 32.0 Å². The minimum Gasteiger partial charge on any atom is -0.494 e. The van der Waals surface area contributed by atoms with Crippen LogP contribution in [-0.2, 0) is 20.7 Å². The normalized spacial score (nSPS) is 15.3. The highest BCUT2D eigenvalue weighted by atomic mass is 19.4. The molecule has 3 aromatic rings. The third-order valence-electron chi connectivity index (χ3n) is 7.05. The highest BCUT2D eigenvalue weighted by Crippen LogP contribution is 2.28. The Kier molecular flexibility index (Phi) is 10.1. The Balaban J connectivity index is 1.76. The number of esters is 1. The van der Waals surface area contributed by atoms with Crippen LogP contribution in [0.2, 0.25) is 0 Å². The second-order valence-electron chi connectivity index (χ2n) is 10.7. The quantitative estimate of drug-likeness (QED) is 0.272. The summed E-state index contributed by atoms with van der Waals surface area (Å²) in [6.07, 6.45) is -7.12. The molecule has 4 rings (SSSR count). The van der Waals surface area contributed by atoms with Gasteiger partial charge in [0.05, 0.1) is 12.8 Å². The molecular formula is C29H34F4N6O5. The Morgan fingerprint density at radius 2 is 1.70 bits per heavy atom. The van der Waals surface area contributed by atoms with Gasteiger partial charge in [-0.3, -0.25) is 4.79 Å². The molecule has 2 heterocycles. The highest BCUT2D eigenvalue weighted by molar-refractivity contribution is 5.84. The lowest BCUT2D eigenvalue weighted by atomic mass is 10.1. The summed E-state index contributed by atoms with van der Waals surface area (Å²) in [7, 11) is 3.28. The van der Waals surface area contributed by atoms with Gasteiger partial charge in [0, 0.05) is 44.3 Å². The lowest BCUT2D eigenvalue weighted by Gasteiger charge is -2.32. The van der Waals surface area contributed by atoms with Crippen molar-refractivity contribution in [2.24, 2.45) is 0 Å². The van der Waals surface area contributed by atoms with E-state index in [1.165, 1.54) is 27.0 Å². The third-order valence-corrected chi connectivity index (χ3v) is 7.05. The predicted molar refractivity (Wildman–Crippen MR) is 152 cm³/mol. The van der Waals surface area contributed by atoms with Crippen molar-refractivity contribution >= 4 is 11.9 Å². The smallest absolute Gasteiger partial charge is 0.491 e. The highest BCUT2D eigenvalue weighted by Gasteiger charge is 2.45. The maximum atomic E-state index is 14.2. The van der Waals surface area contributed by atoms with Crippen LogP contribution in [0.25, 0.3) is 17.1 Å². The van der Waals surface area contributed by atoms with Crippen molar-refractivity contribution < 1.29 is 36.6 Å². The Hall–Kier alpha value is -4.24. The van der Waals surface area contributed by atoms with E-state index in [4.69, 9.17) is 4.74 Å². The van der Waals surface area contributed by atoms with Gasteiger partial charge < -0.3 is 24.6 Å². The topological polar surface area (TPSA) is 111 Å². The maximum absolute atomic E-state index is 14.2. The Labute approximate surface area is 250 Å². The van der Waals surface area contributed by atoms with Gasteiger partial charge in [-0.05, 0) is 63.2 Å². The molecule has 1 fully saturated rings. The van der Waals surface area contributed by atoms with Crippen molar-refractivity contribution in [3.8, 4) is 22.8 Å². The van der Waals surface area contributed by atoms with Gasteiger partial charge in [0.25, 0.3) is 12.1 Å². The zero-order valence-corrected chi connectivity index (χ0v) is 24.7. The summed E-state index contributed by atoms with van der Waals surface area (Å²) in [4.78, 5) is 43.4. The molecule has 1 unspecified atom stereocenters. The number of rotatable bonds is 10. The molecule has 2 aromatic carbocycles. The molecule has 11 nitrogen and oxygen atoms in total. The largest absolute Gasteiger partial charge is 0.494 e. The molecule has 1 aliphatic heterocycles. The van der Waals surface area contributed by atoms with Crippen LogP contribution >= 0.6 is 0 Å². The number of alkyl halides is 3. The number of halogens is 4. The van der Waals surface area contributed by atoms with Crippen LogP contribution in [-0.4, -0.2) is 95.1 Å². The first-order valence-electron chi connectivity index (χ1n) is 13.9. The van der Waals surface area contributed by atoms with Gasteiger partial charge >= 0.3 is 17.8 Å². The van der Waals surface area contributed by atoms with Gasteiger partial charge in [0.15, 0.2) is 17.4 Å². The average molecular weight is 623 g/mol. The van der Waals surface area contributed by atoms with Gasteiger partial charge in [0.2, 0.25) is 0 Å². The molecule has 1 amide bonds. The number of benzene rings is 2. The molecule has 1 saturated heterocycles. The molecule has 1 aliphatic rings. The molecule has 238 valence electrons. The monoisotopic (exact) mass is 622 g/mol. The molecule has 1 N–H and O–H groups in total. The Bertz CT molecular complexity index is 1530. The molecule has 0 saturated carbocycles. The van der Waals surface area contributed by atoms with Crippen LogP contribution < -0.4 is 15.7 Å². The molecule has 1 aromatic heterocycles. The fraction of sp³-hybridized carbons (Fsp3) is 0.448. The molecule has 0 spiro atoms. The SMILES string of the molecule is COc1cc(-c2nn(-c3ccc(CCN4CCN(C)CC4)cc3)c(=O)n2C(OC(=O)C(F)(F)F)C(=O)NC(C)C)ccc1F. The molecular weight excluding hydrogens is 588 g/mol. The van der Waals surface area contributed by atoms with Gasteiger partial charge in [-0.15, -0.1) is 5.10 Å². The molecule has 0 aliphatic carbocycles. The second kappa shape index (κ2) is 13.6. The summed E-state index contributed by atoms with van der Waals surface area (Å²) in [6, 6.07) is 9.58. The molecule has 0 radical (unpaired) electrons. The van der Waals surface area contributed by atoms with Gasteiger partial charge in [-0.1, -0.05) is 12.1 Å². The first-order valence-corrected chi connectivity index (χ1v) is 13.9. The lowest BCUT2D eigenvalue weighted by Crippen LogP contribution is -2.45. The van der Waals surface area contributed by atoms with Crippen LogP contribution in [0.3, 0.4) is 0 Å². The Morgan fingerprint density at radius 3 is 2.30 bits per heavy atom. The number of methoxy groups -OCH3 is 1. The number of aromatic nitrogens is 3. The summed E-state index contributed by atoms with van der Waals surface area (Å²) in [5.74, 6) is -5.26. The molecule has 1 atom stereocenters. The van der Waals surface area contributed by atoms with Crippen molar-refractivity contribution in [2.75, 3.05) is 46.9 Å². The van der Waals surface area contributed by atoms with E-state index in [0.717, 1.165) is 61.5 Å². The number of piperazine rings is 1. The van der Waals surface area contributed by atoms with Crippen molar-refractivity contribution in [3.05, 3.63) is 64.3 Å². The van der Waals surface area contributed by atoms with Crippen LogP contribution in [0.5, 0.6) is 5.75 Å². The van der Waals surface area contributed by atoms with E-state index in [9.17, 15) is 31.9 Å². The second-order valence-corrected chi connectivity index (χ2v) is 10.7. The van der Waals surface area contributed by atoms with Crippen molar-refractivity contribution in [2.45, 2.75) is 38.7 Å². The van der Waals surface area contributed by atoms with E-state index >= 15 is 0 Å². The van der Waals surface area contributed by atoms with Crippen LogP contribution in [0.1, 0.15) is 25.6 Å². The standard InChI is InChI=1S/C29H34F4N6O5/c1-18(2)34-25(40)26(44-27(41)29(31,32)33)38-24(20-7-10-22(30)23(17-20)43-4)35-39(28(38)42)21-8-5-19(6-9-21)11-12-37-15-13-36(3)14-16-37/h5-10,17-18,26H,11-16H2,1-4H3,(H,34,40). The van der Waals surface area contributed by atoms with Crippen molar-refractivity contribution in [3.63, 3.8) is 0 Å². The summed E-state index contributed by atoms with van der Waals surface area (Å²) < 4.78 is 64.9. The van der Waals surface area contributed by atoms with E-state index in [-0.39, 0.29) is 22.8 Å². The molecule has 15 heteroatoms. The van der Waals surface area contributed by atoms with Crippen LogP contribution in [0.4, 0.5) is 17.6 Å². The van der Waals surface area contributed by atoms with Crippen molar-refractivity contribution in [1.29, 1.82) is 0 Å². The van der Waals surface area contributed by atoms with E-state index in [1.54, 1.807) is 24.3 Å². The van der Waals surface area contributed by atoms with Crippen LogP contribution in [0, 0.1) is 5.82 Å². The van der Waals surface area contributed by atoms with E-state index in [1.807, 2.05) is 0 Å². The van der Waals surface area contributed by atoms with E-state index in [0.29, 0.717) is 4.57 Å². The van der Waals surface area contributed by atoms with Gasteiger partial charge in [-0.2, -0.15) is 17.9 Å². The fourth-order valence-electron chi connectivity index (χ4n) is 4.66. The van der Waals surface area contributed by atoms with Gasteiger partial charge in [-0.25, -0.2) is 18.5 Å². The number of hydrogen-bond acceptors (Lipinski definition) is 8. The number of nitrogens with zero attached hydrogens (tertiary/aromatic N) is 5. The lowest BCUT2D eigenvalue weighted by molar-refractivity contribution is -0.209. The molecule has 44 heavy (non-hydrogen) atoms. The van der Waals surface area contributed by atoms with Gasteiger partial charge in [0.1, 0.15) is 0 Å². The fourth-order valence-corrected chi connectivity index (χ4v) is 4.66. The third kappa shape index (κ3) is 7.63. The summed E-state index contributed by atoms with van der Waals surface area (Å²) in [6.45, 7) is 7.80. The number of ether oxygens (including phenoxy) is 2. The Morgan fingerprint density at radius 1 is 1.05 bits per heavy atom. The predicted octanol–water partition coefficient (Wildman–Crippen LogP) is 2.77. The summed E-state index contributed by atoms with van der Waals surface area (Å²) in [5, 5.41) is 6.65. The number of carbonyl (C=O) groups excluding carboxylic acids is 2. The first kappa shape index (κ1) is 32.7. The van der Waals surface area contributed by atoms with Crippen LogP contribution in [0.15, 0.2) is 47.3 Å². The first-order chi connectivity index (χ1) is 20.8. The number of amides is 1. The molecule has 0 bridgehead atoms. The average Bonchev–Trinajstić information content (AvgIpc) is 3.31. The van der Waals surface area contributed by atoms with Crippen molar-refractivity contribution in [1.82, 2.24) is 29.5 Å². The summed E-state index contributed by atoms with van der Waals surface area (Å²) >= 11 is 0.